The maximum Gasteiger partial charge on any atom is 0.240 e. The number of rotatable bonds is 5. The maximum absolute atomic E-state index is 11.5. The molecule has 102 valence electrons. The molecule has 2 aromatic rings. The van der Waals surface area contributed by atoms with Gasteiger partial charge in [0.2, 0.25) is 10.0 Å². The normalized spacial score (nSPS) is 11.4. The monoisotopic (exact) mass is 298 g/mol. The summed E-state index contributed by atoms with van der Waals surface area (Å²) in [6.45, 7) is 0.569. The van der Waals surface area contributed by atoms with E-state index >= 15 is 0 Å². The van der Waals surface area contributed by atoms with Crippen LogP contribution in [0.25, 0.3) is 0 Å². The quantitative estimate of drug-likeness (QED) is 0.714. The second-order valence-electron chi connectivity index (χ2n) is 3.90. The third-order valence-corrected chi connectivity index (χ3v) is 4.24. The van der Waals surface area contributed by atoms with Gasteiger partial charge in [0, 0.05) is 30.2 Å². The van der Waals surface area contributed by atoms with Gasteiger partial charge < -0.3 is 11.1 Å². The van der Waals surface area contributed by atoms with E-state index in [-0.39, 0.29) is 4.90 Å². The van der Waals surface area contributed by atoms with Crippen molar-refractivity contribution in [2.75, 3.05) is 17.6 Å². The highest BCUT2D eigenvalue weighted by molar-refractivity contribution is 7.89. The van der Waals surface area contributed by atoms with E-state index < -0.39 is 10.0 Å². The molecular weight excluding hydrogens is 284 g/mol. The van der Waals surface area contributed by atoms with Gasteiger partial charge in [-0.15, -0.1) is 11.3 Å². The number of hydrogen-bond donors (Lipinski definition) is 3. The van der Waals surface area contributed by atoms with Gasteiger partial charge in [0.05, 0.1) is 10.7 Å². The van der Waals surface area contributed by atoms with E-state index in [0.29, 0.717) is 24.3 Å². The third kappa shape index (κ3) is 3.66. The molecule has 1 aromatic heterocycles. The molecule has 1 heterocycles. The average molecular weight is 298 g/mol. The lowest BCUT2D eigenvalue weighted by atomic mass is 10.3. The average Bonchev–Trinajstić information content (AvgIpc) is 2.83. The molecule has 0 fully saturated rings. The fourth-order valence-electron chi connectivity index (χ4n) is 1.60. The van der Waals surface area contributed by atoms with E-state index in [0.717, 1.165) is 5.01 Å². The second kappa shape index (κ2) is 5.55. The Morgan fingerprint density at radius 1 is 1.37 bits per heavy atom. The van der Waals surface area contributed by atoms with Crippen LogP contribution in [0.15, 0.2) is 34.7 Å². The Morgan fingerprint density at radius 2 is 2.16 bits per heavy atom. The summed E-state index contributed by atoms with van der Waals surface area (Å²) < 4.78 is 22.9. The number of nitrogens with zero attached hydrogens (tertiary/aromatic N) is 1. The van der Waals surface area contributed by atoms with Gasteiger partial charge in [-0.3, -0.25) is 0 Å². The number of benzene rings is 1. The summed E-state index contributed by atoms with van der Waals surface area (Å²) >= 11 is 1.56. The molecule has 8 heteroatoms. The Balaban J connectivity index is 2.12. The van der Waals surface area contributed by atoms with Crippen molar-refractivity contribution < 1.29 is 8.42 Å². The summed E-state index contributed by atoms with van der Waals surface area (Å²) in [7, 11) is -3.80. The third-order valence-electron chi connectivity index (χ3n) is 2.45. The highest BCUT2D eigenvalue weighted by Gasteiger charge is 2.14. The first-order valence-corrected chi connectivity index (χ1v) is 7.94. The minimum Gasteiger partial charge on any atom is -0.399 e. The molecule has 1 aromatic carbocycles. The molecule has 2 rings (SSSR count). The van der Waals surface area contributed by atoms with Crippen LogP contribution in [0.2, 0.25) is 0 Å². The van der Waals surface area contributed by atoms with Crippen LogP contribution in [0.4, 0.5) is 11.4 Å². The van der Waals surface area contributed by atoms with Crippen molar-refractivity contribution in [1.82, 2.24) is 4.98 Å². The maximum atomic E-state index is 11.5. The van der Waals surface area contributed by atoms with Crippen LogP contribution in [0.1, 0.15) is 5.01 Å². The van der Waals surface area contributed by atoms with E-state index in [4.69, 9.17) is 10.9 Å². The Labute approximate surface area is 115 Å². The number of sulfonamides is 1. The molecule has 0 spiro atoms. The lowest BCUT2D eigenvalue weighted by molar-refractivity contribution is 0.598. The number of hydrogen-bond acceptors (Lipinski definition) is 6. The van der Waals surface area contributed by atoms with Crippen molar-refractivity contribution >= 4 is 32.7 Å². The molecule has 0 saturated heterocycles. The van der Waals surface area contributed by atoms with Gasteiger partial charge in [0.1, 0.15) is 4.90 Å². The Morgan fingerprint density at radius 3 is 2.79 bits per heavy atom. The van der Waals surface area contributed by atoms with Gasteiger partial charge in [-0.25, -0.2) is 18.5 Å². The SMILES string of the molecule is Nc1ccc(NCCc2nccs2)c(S(N)(=O)=O)c1. The second-order valence-corrected chi connectivity index (χ2v) is 6.41. The fourth-order valence-corrected chi connectivity index (χ4v) is 2.97. The number of nitrogens with one attached hydrogen (secondary N) is 1. The summed E-state index contributed by atoms with van der Waals surface area (Å²) in [4.78, 5) is 4.15. The van der Waals surface area contributed by atoms with E-state index in [9.17, 15) is 8.42 Å². The standard InChI is InChI=1S/C11H14N4O2S2/c12-8-1-2-9(10(7-8)19(13,16)17)14-4-3-11-15-5-6-18-11/h1-2,5-7,14H,3-4,12H2,(H2,13,16,17). The minimum atomic E-state index is -3.80. The van der Waals surface area contributed by atoms with E-state index in [1.807, 2.05) is 5.38 Å². The lowest BCUT2D eigenvalue weighted by Crippen LogP contribution is -2.16. The zero-order valence-corrected chi connectivity index (χ0v) is 11.7. The molecule has 6 nitrogen and oxygen atoms in total. The predicted octanol–water partition coefficient (Wildman–Crippen LogP) is 1.03. The molecule has 0 aliphatic carbocycles. The van der Waals surface area contributed by atoms with Crippen molar-refractivity contribution in [3.63, 3.8) is 0 Å². The number of thiazole rings is 1. The van der Waals surface area contributed by atoms with Gasteiger partial charge in [0.15, 0.2) is 0 Å². The lowest BCUT2D eigenvalue weighted by Gasteiger charge is -2.10. The Bertz CT molecular complexity index is 653. The summed E-state index contributed by atoms with van der Waals surface area (Å²) in [5, 5.41) is 11.1. The van der Waals surface area contributed by atoms with Crippen molar-refractivity contribution in [1.29, 1.82) is 0 Å². The molecular formula is C11H14N4O2S2. The molecule has 19 heavy (non-hydrogen) atoms. The van der Waals surface area contributed by atoms with Crippen molar-refractivity contribution in [2.24, 2.45) is 5.14 Å². The van der Waals surface area contributed by atoms with Crippen molar-refractivity contribution in [2.45, 2.75) is 11.3 Å². The smallest absolute Gasteiger partial charge is 0.240 e. The molecule has 0 aliphatic rings. The number of nitrogen functional groups attached to an aromatic ring is 1. The number of primary sulfonamides is 1. The molecule has 0 aliphatic heterocycles. The van der Waals surface area contributed by atoms with Gasteiger partial charge in [0.25, 0.3) is 0 Å². The van der Waals surface area contributed by atoms with E-state index in [2.05, 4.69) is 10.3 Å². The minimum absolute atomic E-state index is 0.00615. The summed E-state index contributed by atoms with van der Waals surface area (Å²) in [6.07, 6.45) is 2.45. The van der Waals surface area contributed by atoms with Gasteiger partial charge in [-0.1, -0.05) is 0 Å². The largest absolute Gasteiger partial charge is 0.399 e. The van der Waals surface area contributed by atoms with E-state index in [1.165, 1.54) is 6.07 Å². The molecule has 5 N–H and O–H groups in total. The van der Waals surface area contributed by atoms with Gasteiger partial charge in [-0.05, 0) is 18.2 Å². The Hall–Kier alpha value is -1.64. The van der Waals surface area contributed by atoms with Crippen LogP contribution in [0.5, 0.6) is 0 Å². The van der Waals surface area contributed by atoms with Crippen molar-refractivity contribution in [3.8, 4) is 0 Å². The van der Waals surface area contributed by atoms with Crippen LogP contribution in [-0.2, 0) is 16.4 Å². The van der Waals surface area contributed by atoms with Crippen molar-refractivity contribution in [3.05, 3.63) is 34.8 Å². The first-order chi connectivity index (χ1) is 8.97. The fraction of sp³-hybridized carbons (Fsp3) is 0.182. The van der Waals surface area contributed by atoms with Crippen LogP contribution < -0.4 is 16.2 Å². The number of anilines is 2. The van der Waals surface area contributed by atoms with Crippen LogP contribution in [0.3, 0.4) is 0 Å². The summed E-state index contributed by atoms with van der Waals surface area (Å²) in [6, 6.07) is 4.58. The first kappa shape index (κ1) is 13.8. The molecule has 0 amide bonds. The highest BCUT2D eigenvalue weighted by Crippen LogP contribution is 2.22. The molecule has 0 saturated carbocycles. The molecule has 0 radical (unpaired) electrons. The summed E-state index contributed by atoms with van der Waals surface area (Å²) in [5.41, 5.74) is 6.38. The van der Waals surface area contributed by atoms with Crippen LogP contribution in [-0.4, -0.2) is 19.9 Å². The number of nitrogens with two attached hydrogens (primary N) is 2. The summed E-state index contributed by atoms with van der Waals surface area (Å²) in [5.74, 6) is 0. The van der Waals surface area contributed by atoms with Crippen LogP contribution in [0, 0.1) is 0 Å². The first-order valence-electron chi connectivity index (χ1n) is 5.51. The van der Waals surface area contributed by atoms with Gasteiger partial charge in [-0.2, -0.15) is 0 Å². The zero-order valence-electron chi connectivity index (χ0n) is 10.0. The van der Waals surface area contributed by atoms with E-state index in [1.54, 1.807) is 29.7 Å². The number of aromatic nitrogens is 1. The van der Waals surface area contributed by atoms with Gasteiger partial charge >= 0.3 is 0 Å². The zero-order chi connectivity index (χ0) is 13.9. The molecule has 0 atom stereocenters. The Kier molecular flexibility index (Phi) is 4.03. The predicted molar refractivity (Wildman–Crippen MR) is 76.5 cm³/mol. The topological polar surface area (TPSA) is 111 Å². The molecule has 0 unspecified atom stereocenters. The molecule has 0 bridgehead atoms. The van der Waals surface area contributed by atoms with Crippen LogP contribution >= 0.6 is 11.3 Å². The highest BCUT2D eigenvalue weighted by atomic mass is 32.2.